The molecule has 0 fully saturated rings. The molecule has 2 unspecified atom stereocenters. The molecule has 5 N–H and O–H groups in total. The molecule has 2 amide bonds. The van der Waals surface area contributed by atoms with Gasteiger partial charge in [0, 0.05) is 5.56 Å². The van der Waals surface area contributed by atoms with E-state index in [4.69, 9.17) is 5.84 Å². The number of carbonyl (C=O) groups is 2. The summed E-state index contributed by atoms with van der Waals surface area (Å²) in [6, 6.07) is 13.9. The summed E-state index contributed by atoms with van der Waals surface area (Å²) in [6.07, 6.45) is -5.04. The van der Waals surface area contributed by atoms with Gasteiger partial charge < -0.3 is 15.4 Å². The number of fused-ring (bicyclic) bond motifs is 1. The van der Waals surface area contributed by atoms with E-state index >= 15 is 0 Å². The third-order valence-corrected chi connectivity index (χ3v) is 6.21. The molecule has 0 spiro atoms. The van der Waals surface area contributed by atoms with E-state index in [0.29, 0.717) is 16.0 Å². The highest BCUT2D eigenvalue weighted by molar-refractivity contribution is 5.99. The van der Waals surface area contributed by atoms with E-state index in [9.17, 15) is 27.9 Å². The van der Waals surface area contributed by atoms with Gasteiger partial charge in [-0.25, -0.2) is 15.8 Å². The van der Waals surface area contributed by atoms with Crippen LogP contribution in [-0.4, -0.2) is 33.0 Å². The number of imidazole rings is 1. The van der Waals surface area contributed by atoms with Gasteiger partial charge in [-0.15, -0.1) is 0 Å². The van der Waals surface area contributed by atoms with Crippen molar-refractivity contribution in [3.8, 4) is 0 Å². The summed E-state index contributed by atoms with van der Waals surface area (Å²) in [5.41, 5.74) is 1.89. The summed E-state index contributed by atoms with van der Waals surface area (Å²) < 4.78 is 39.3. The lowest BCUT2D eigenvalue weighted by Crippen LogP contribution is -2.50. The van der Waals surface area contributed by atoms with E-state index in [0.717, 1.165) is 29.8 Å². The van der Waals surface area contributed by atoms with Gasteiger partial charge >= 0.3 is 6.18 Å². The predicted octanol–water partition coefficient (Wildman–Crippen LogP) is 4.44. The highest BCUT2D eigenvalue weighted by Crippen LogP contribution is 2.31. The summed E-state index contributed by atoms with van der Waals surface area (Å²) in [6.45, 7) is 4.00. The molecule has 1 heterocycles. The van der Waals surface area contributed by atoms with Gasteiger partial charge in [-0.05, 0) is 59.5 Å². The number of carbonyl (C=O) groups excluding carboxylic acids is 2. The largest absolute Gasteiger partial charge is 0.416 e. The number of benzene rings is 3. The topological polar surface area (TPSA) is 124 Å². The zero-order valence-corrected chi connectivity index (χ0v) is 20.5. The number of halogens is 3. The van der Waals surface area contributed by atoms with Crippen molar-refractivity contribution >= 4 is 28.5 Å². The SMILES string of the molecule is CC(C)c1ccc(C(=O)NC(c2ccc(C(F)(F)F)cc2)C(O)C(=O)N(N)c2ccc3nc[nH]c3c2)cc1. The third-order valence-electron chi connectivity index (χ3n) is 6.21. The normalized spacial score (nSPS) is 13.4. The quantitative estimate of drug-likeness (QED) is 0.161. The van der Waals surface area contributed by atoms with Gasteiger partial charge in [0.05, 0.1) is 34.7 Å². The second-order valence-electron chi connectivity index (χ2n) is 9.10. The summed E-state index contributed by atoms with van der Waals surface area (Å²) in [5.74, 6) is 4.64. The van der Waals surface area contributed by atoms with Crippen molar-refractivity contribution in [2.75, 3.05) is 5.01 Å². The number of hydrogen-bond acceptors (Lipinski definition) is 5. The van der Waals surface area contributed by atoms with E-state index in [2.05, 4.69) is 15.3 Å². The van der Waals surface area contributed by atoms with Crippen molar-refractivity contribution in [2.24, 2.45) is 5.84 Å². The maximum absolute atomic E-state index is 13.2. The molecule has 0 aliphatic carbocycles. The number of nitrogens with one attached hydrogen (secondary N) is 2. The van der Waals surface area contributed by atoms with Crippen LogP contribution in [0.3, 0.4) is 0 Å². The first kappa shape index (κ1) is 26.8. The molecule has 4 rings (SSSR count). The summed E-state index contributed by atoms with van der Waals surface area (Å²) in [5, 5.41) is 14.3. The Labute approximate surface area is 216 Å². The summed E-state index contributed by atoms with van der Waals surface area (Å²) >= 11 is 0. The number of aromatic amines is 1. The number of amides is 2. The van der Waals surface area contributed by atoms with Gasteiger partial charge in [0.1, 0.15) is 0 Å². The van der Waals surface area contributed by atoms with Crippen LogP contribution in [0.25, 0.3) is 11.0 Å². The van der Waals surface area contributed by atoms with Crippen molar-refractivity contribution in [3.05, 3.63) is 95.3 Å². The number of nitrogens with zero attached hydrogens (tertiary/aromatic N) is 2. The van der Waals surface area contributed by atoms with Crippen LogP contribution in [0, 0.1) is 0 Å². The highest BCUT2D eigenvalue weighted by Gasteiger charge is 2.34. The smallest absolute Gasteiger partial charge is 0.381 e. The van der Waals surface area contributed by atoms with Crippen LogP contribution >= 0.6 is 0 Å². The number of H-pyrrole nitrogens is 1. The van der Waals surface area contributed by atoms with Gasteiger partial charge in [-0.2, -0.15) is 13.2 Å². The number of alkyl halides is 3. The molecule has 11 heteroatoms. The molecule has 0 bridgehead atoms. The first-order chi connectivity index (χ1) is 18.0. The second-order valence-corrected chi connectivity index (χ2v) is 9.10. The molecule has 3 aromatic carbocycles. The Balaban J connectivity index is 1.63. The molecule has 4 aromatic rings. The Morgan fingerprint density at radius 2 is 1.63 bits per heavy atom. The van der Waals surface area contributed by atoms with Crippen LogP contribution in [0.1, 0.15) is 52.9 Å². The fourth-order valence-corrected chi connectivity index (χ4v) is 3.95. The molecule has 198 valence electrons. The van der Waals surface area contributed by atoms with Gasteiger partial charge in [0.25, 0.3) is 11.8 Å². The van der Waals surface area contributed by atoms with Crippen LogP contribution in [0.15, 0.2) is 73.1 Å². The Morgan fingerprint density at radius 1 is 1.00 bits per heavy atom. The minimum Gasteiger partial charge on any atom is -0.381 e. The lowest BCUT2D eigenvalue weighted by atomic mass is 9.97. The molecule has 0 aliphatic heterocycles. The predicted molar refractivity (Wildman–Crippen MR) is 136 cm³/mol. The Morgan fingerprint density at radius 3 is 2.24 bits per heavy atom. The van der Waals surface area contributed by atoms with Gasteiger partial charge in [0.2, 0.25) is 0 Å². The highest BCUT2D eigenvalue weighted by atomic mass is 19.4. The number of aliphatic hydroxyl groups excluding tert-OH is 1. The Kier molecular flexibility index (Phi) is 7.51. The van der Waals surface area contributed by atoms with Crippen LogP contribution < -0.4 is 16.2 Å². The van der Waals surface area contributed by atoms with E-state index in [1.54, 1.807) is 36.4 Å². The Hall–Kier alpha value is -4.22. The van der Waals surface area contributed by atoms with Crippen LogP contribution in [0.5, 0.6) is 0 Å². The molecule has 2 atom stereocenters. The van der Waals surface area contributed by atoms with E-state index in [1.807, 2.05) is 13.8 Å². The first-order valence-electron chi connectivity index (χ1n) is 11.7. The monoisotopic (exact) mass is 525 g/mol. The second kappa shape index (κ2) is 10.6. The molecule has 1 aromatic heterocycles. The molecule has 0 saturated carbocycles. The number of hydrogen-bond donors (Lipinski definition) is 4. The van der Waals surface area contributed by atoms with Crippen LogP contribution in [-0.2, 0) is 11.0 Å². The number of anilines is 1. The number of rotatable bonds is 7. The van der Waals surface area contributed by atoms with E-state index < -0.39 is 35.7 Å². The van der Waals surface area contributed by atoms with Crippen molar-refractivity contribution in [1.29, 1.82) is 0 Å². The maximum atomic E-state index is 13.2. The van der Waals surface area contributed by atoms with Crippen molar-refractivity contribution in [2.45, 2.75) is 38.1 Å². The summed E-state index contributed by atoms with van der Waals surface area (Å²) in [4.78, 5) is 33.2. The molecule has 38 heavy (non-hydrogen) atoms. The Bertz CT molecular complexity index is 1430. The lowest BCUT2D eigenvalue weighted by Gasteiger charge is -2.27. The minimum atomic E-state index is -4.58. The molecular weight excluding hydrogens is 499 g/mol. The third kappa shape index (κ3) is 5.68. The standard InChI is InChI=1S/C27H26F3N5O3/c1-15(2)16-3-5-18(6-4-16)25(37)34-23(17-7-9-19(10-8-17)27(28,29)30)24(36)26(38)35(31)20-11-12-21-22(13-20)33-14-32-21/h3-15,23-24,36H,31H2,1-2H3,(H,32,33)(H,34,37). The van der Waals surface area contributed by atoms with Crippen molar-refractivity contribution < 1.29 is 27.9 Å². The zero-order valence-electron chi connectivity index (χ0n) is 20.5. The molecule has 0 aliphatic rings. The van der Waals surface area contributed by atoms with Crippen LogP contribution in [0.4, 0.5) is 18.9 Å². The number of aliphatic hydroxyl groups is 1. The average molecular weight is 526 g/mol. The lowest BCUT2D eigenvalue weighted by molar-refractivity contribution is -0.137. The maximum Gasteiger partial charge on any atom is 0.416 e. The first-order valence-corrected chi connectivity index (χ1v) is 11.7. The minimum absolute atomic E-state index is 0.0865. The molecular formula is C27H26F3N5O3. The molecule has 0 saturated heterocycles. The van der Waals surface area contributed by atoms with Crippen molar-refractivity contribution in [1.82, 2.24) is 15.3 Å². The number of hydrazine groups is 1. The molecule has 0 radical (unpaired) electrons. The fraction of sp³-hybridized carbons (Fsp3) is 0.222. The zero-order chi connectivity index (χ0) is 27.6. The summed E-state index contributed by atoms with van der Waals surface area (Å²) in [7, 11) is 0. The number of nitrogens with two attached hydrogens (primary N) is 1. The van der Waals surface area contributed by atoms with Gasteiger partial charge in [-0.1, -0.05) is 38.1 Å². The van der Waals surface area contributed by atoms with Crippen LogP contribution in [0.2, 0.25) is 0 Å². The van der Waals surface area contributed by atoms with Crippen molar-refractivity contribution in [3.63, 3.8) is 0 Å². The van der Waals surface area contributed by atoms with E-state index in [1.165, 1.54) is 12.4 Å². The van der Waals surface area contributed by atoms with Gasteiger partial charge in [-0.3, -0.25) is 9.59 Å². The average Bonchev–Trinajstić information content (AvgIpc) is 3.38. The fourth-order valence-electron chi connectivity index (χ4n) is 3.95. The van der Waals surface area contributed by atoms with E-state index in [-0.39, 0.29) is 22.7 Å². The van der Waals surface area contributed by atoms with Gasteiger partial charge in [0.15, 0.2) is 6.10 Å². The molecule has 8 nitrogen and oxygen atoms in total. The number of aromatic nitrogens is 2.